The van der Waals surface area contributed by atoms with E-state index in [-0.39, 0.29) is 5.63 Å². The highest BCUT2D eigenvalue weighted by Gasteiger charge is 2.12. The van der Waals surface area contributed by atoms with Crippen LogP contribution in [0.3, 0.4) is 0 Å². The van der Waals surface area contributed by atoms with Gasteiger partial charge in [0, 0.05) is 11.5 Å². The number of benzene rings is 2. The molecule has 2 aromatic carbocycles. The van der Waals surface area contributed by atoms with E-state index in [0.29, 0.717) is 11.0 Å². The van der Waals surface area contributed by atoms with E-state index < -0.39 is 0 Å². The topological polar surface area (TPSA) is 39.4 Å². The van der Waals surface area contributed by atoms with Crippen LogP contribution < -0.4 is 10.4 Å². The highest BCUT2D eigenvalue weighted by molar-refractivity contribution is 6.05. The minimum Gasteiger partial charge on any atom is -0.496 e. The van der Waals surface area contributed by atoms with Crippen molar-refractivity contribution in [3.8, 4) is 5.75 Å². The van der Waals surface area contributed by atoms with Crippen molar-refractivity contribution in [3.05, 3.63) is 58.5 Å². The molecule has 0 bridgehead atoms. The summed E-state index contributed by atoms with van der Waals surface area (Å²) in [5.74, 6) is 0.746. The minimum absolute atomic E-state index is 0.336. The van der Waals surface area contributed by atoms with Gasteiger partial charge in [0.2, 0.25) is 0 Å². The molecule has 3 rings (SSSR count). The average Bonchev–Trinajstić information content (AvgIpc) is 2.53. The zero-order valence-corrected chi connectivity index (χ0v) is 13.0. The Hall–Kier alpha value is -2.55. The van der Waals surface area contributed by atoms with Crippen LogP contribution in [-0.4, -0.2) is 7.11 Å². The van der Waals surface area contributed by atoms with Crippen molar-refractivity contribution in [1.29, 1.82) is 0 Å². The normalized spacial score (nSPS) is 11.0. The first-order chi connectivity index (χ1) is 10.5. The first kappa shape index (κ1) is 14.4. The second kappa shape index (κ2) is 5.34. The molecular weight excluding hydrogens is 276 g/mol. The fourth-order valence-electron chi connectivity index (χ4n) is 2.74. The van der Waals surface area contributed by atoms with Gasteiger partial charge < -0.3 is 9.15 Å². The standard InChI is InChI=1S/C19H18O3/c1-5-12-8-15-14-7-6-13(11(2)3)9-16(14)19(20)22-18(15)10-17(12)21-4/h6-10H,2,5H2,1,3-4H3. The van der Waals surface area contributed by atoms with Crippen LogP contribution in [0.25, 0.3) is 27.3 Å². The van der Waals surface area contributed by atoms with Gasteiger partial charge in [-0.3, -0.25) is 0 Å². The predicted molar refractivity (Wildman–Crippen MR) is 90.6 cm³/mol. The van der Waals surface area contributed by atoms with E-state index in [0.717, 1.165) is 39.6 Å². The number of hydrogen-bond donors (Lipinski definition) is 0. The molecule has 0 atom stereocenters. The van der Waals surface area contributed by atoms with Gasteiger partial charge in [0.1, 0.15) is 11.3 Å². The summed E-state index contributed by atoms with van der Waals surface area (Å²) < 4.78 is 10.9. The van der Waals surface area contributed by atoms with E-state index in [1.165, 1.54) is 0 Å². The Morgan fingerprint density at radius 1 is 1.18 bits per heavy atom. The van der Waals surface area contributed by atoms with Gasteiger partial charge in [0.05, 0.1) is 12.5 Å². The number of allylic oxidation sites excluding steroid dienone is 1. The maximum Gasteiger partial charge on any atom is 0.344 e. The summed E-state index contributed by atoms with van der Waals surface area (Å²) in [5.41, 5.74) is 3.18. The molecule has 0 radical (unpaired) electrons. The summed E-state index contributed by atoms with van der Waals surface area (Å²) in [4.78, 5) is 12.3. The third-order valence-corrected chi connectivity index (χ3v) is 3.99. The summed E-state index contributed by atoms with van der Waals surface area (Å²) in [6.07, 6.45) is 0.851. The zero-order valence-electron chi connectivity index (χ0n) is 13.0. The minimum atomic E-state index is -0.336. The van der Waals surface area contributed by atoms with Gasteiger partial charge in [-0.05, 0) is 42.0 Å². The largest absolute Gasteiger partial charge is 0.496 e. The Morgan fingerprint density at radius 2 is 1.95 bits per heavy atom. The van der Waals surface area contributed by atoms with Crippen LogP contribution in [0.5, 0.6) is 5.75 Å². The van der Waals surface area contributed by atoms with Gasteiger partial charge in [-0.25, -0.2) is 4.79 Å². The van der Waals surface area contributed by atoms with Gasteiger partial charge in [-0.2, -0.15) is 0 Å². The molecule has 0 saturated heterocycles. The molecule has 112 valence electrons. The quantitative estimate of drug-likeness (QED) is 0.525. The van der Waals surface area contributed by atoms with Crippen LogP contribution >= 0.6 is 0 Å². The SMILES string of the molecule is C=C(C)c1ccc2c(c1)c(=O)oc1cc(OC)c(CC)cc12. The lowest BCUT2D eigenvalue weighted by Crippen LogP contribution is -2.01. The predicted octanol–water partition coefficient (Wildman–Crippen LogP) is 4.55. The van der Waals surface area contributed by atoms with Gasteiger partial charge in [-0.15, -0.1) is 0 Å². The Kier molecular flexibility index (Phi) is 3.49. The number of hydrogen-bond acceptors (Lipinski definition) is 3. The number of fused-ring (bicyclic) bond motifs is 3. The molecule has 0 unspecified atom stereocenters. The molecule has 3 aromatic rings. The van der Waals surface area contributed by atoms with Gasteiger partial charge in [0.15, 0.2) is 0 Å². The van der Waals surface area contributed by atoms with E-state index in [9.17, 15) is 4.79 Å². The van der Waals surface area contributed by atoms with E-state index in [4.69, 9.17) is 9.15 Å². The second-order valence-electron chi connectivity index (χ2n) is 5.44. The molecule has 0 amide bonds. The summed E-state index contributed by atoms with van der Waals surface area (Å²) in [7, 11) is 1.62. The molecule has 0 aliphatic carbocycles. The third kappa shape index (κ3) is 2.19. The first-order valence-electron chi connectivity index (χ1n) is 7.28. The number of methoxy groups -OCH3 is 1. The van der Waals surface area contributed by atoms with Crippen molar-refractivity contribution in [2.75, 3.05) is 7.11 Å². The highest BCUT2D eigenvalue weighted by atomic mass is 16.5. The first-order valence-corrected chi connectivity index (χ1v) is 7.28. The van der Waals surface area contributed by atoms with Crippen molar-refractivity contribution >= 4 is 27.3 Å². The Bertz CT molecular complexity index is 948. The Labute approximate surface area is 128 Å². The van der Waals surface area contributed by atoms with E-state index in [1.54, 1.807) is 13.2 Å². The molecule has 3 nitrogen and oxygen atoms in total. The molecule has 0 aliphatic rings. The smallest absolute Gasteiger partial charge is 0.344 e. The average molecular weight is 294 g/mol. The van der Waals surface area contributed by atoms with E-state index in [2.05, 4.69) is 13.5 Å². The maximum atomic E-state index is 12.3. The molecule has 3 heteroatoms. The van der Waals surface area contributed by atoms with Crippen LogP contribution in [-0.2, 0) is 6.42 Å². The molecular formula is C19H18O3. The number of rotatable bonds is 3. The van der Waals surface area contributed by atoms with Crippen molar-refractivity contribution < 1.29 is 9.15 Å². The maximum absolute atomic E-state index is 12.3. The van der Waals surface area contributed by atoms with Crippen LogP contribution in [0.4, 0.5) is 0 Å². The van der Waals surface area contributed by atoms with E-state index in [1.807, 2.05) is 31.2 Å². The summed E-state index contributed by atoms with van der Waals surface area (Å²) in [6, 6.07) is 9.63. The Morgan fingerprint density at radius 3 is 2.59 bits per heavy atom. The Balaban J connectivity index is 2.44. The van der Waals surface area contributed by atoms with Crippen LogP contribution in [0.1, 0.15) is 25.0 Å². The van der Waals surface area contributed by atoms with Gasteiger partial charge in [0.25, 0.3) is 0 Å². The molecule has 0 saturated carbocycles. The fourth-order valence-corrected chi connectivity index (χ4v) is 2.74. The van der Waals surface area contributed by atoms with Crippen LogP contribution in [0, 0.1) is 0 Å². The highest BCUT2D eigenvalue weighted by Crippen LogP contribution is 2.31. The lowest BCUT2D eigenvalue weighted by molar-refractivity contribution is 0.409. The molecule has 0 fully saturated rings. The third-order valence-electron chi connectivity index (χ3n) is 3.99. The van der Waals surface area contributed by atoms with Crippen LogP contribution in [0.2, 0.25) is 0 Å². The lowest BCUT2D eigenvalue weighted by atomic mass is 10.00. The molecule has 0 spiro atoms. The fraction of sp³-hybridized carbons (Fsp3) is 0.211. The molecule has 0 N–H and O–H groups in total. The molecule has 22 heavy (non-hydrogen) atoms. The summed E-state index contributed by atoms with van der Waals surface area (Å²) >= 11 is 0. The monoisotopic (exact) mass is 294 g/mol. The lowest BCUT2D eigenvalue weighted by Gasteiger charge is -2.10. The van der Waals surface area contributed by atoms with Crippen LogP contribution in [0.15, 0.2) is 46.1 Å². The van der Waals surface area contributed by atoms with Crippen molar-refractivity contribution in [3.63, 3.8) is 0 Å². The number of aryl methyl sites for hydroxylation is 1. The molecule has 0 aliphatic heterocycles. The van der Waals surface area contributed by atoms with Crippen molar-refractivity contribution in [2.45, 2.75) is 20.3 Å². The van der Waals surface area contributed by atoms with Gasteiger partial charge in [-0.1, -0.05) is 31.2 Å². The molecule has 1 aromatic heterocycles. The van der Waals surface area contributed by atoms with E-state index >= 15 is 0 Å². The molecule has 1 heterocycles. The summed E-state index contributed by atoms with van der Waals surface area (Å²) in [5, 5.41) is 2.41. The van der Waals surface area contributed by atoms with Crippen molar-refractivity contribution in [1.82, 2.24) is 0 Å². The van der Waals surface area contributed by atoms with Gasteiger partial charge >= 0.3 is 5.63 Å². The van der Waals surface area contributed by atoms with Crippen molar-refractivity contribution in [2.24, 2.45) is 0 Å². The number of ether oxygens (including phenoxy) is 1. The summed E-state index contributed by atoms with van der Waals surface area (Å²) in [6.45, 7) is 7.92. The zero-order chi connectivity index (χ0) is 15.9. The second-order valence-corrected chi connectivity index (χ2v) is 5.44.